The van der Waals surface area contributed by atoms with E-state index in [4.69, 9.17) is 4.74 Å². The highest BCUT2D eigenvalue weighted by molar-refractivity contribution is 6.06. The van der Waals surface area contributed by atoms with Gasteiger partial charge in [-0.25, -0.2) is 0 Å². The normalized spacial score (nSPS) is 11.9. The molecule has 2 aromatic rings. The first kappa shape index (κ1) is 21.3. The van der Waals surface area contributed by atoms with Crippen LogP contribution in [0.15, 0.2) is 41.3 Å². The maximum atomic E-state index is 12.9. The Labute approximate surface area is 154 Å². The molecular weight excluding hydrogens is 394 g/mol. The van der Waals surface area contributed by atoms with Gasteiger partial charge in [0.05, 0.1) is 17.7 Å². The minimum atomic E-state index is -4.73. The van der Waals surface area contributed by atoms with Crippen LogP contribution in [0.3, 0.4) is 0 Å². The molecule has 0 saturated heterocycles. The van der Waals surface area contributed by atoms with Crippen LogP contribution in [0.2, 0.25) is 0 Å². The molecule has 1 aromatic carbocycles. The first-order chi connectivity index (χ1) is 13.0. The zero-order chi connectivity index (χ0) is 20.9. The molecule has 11 heteroatoms. The Morgan fingerprint density at radius 1 is 1.07 bits per heavy atom. The second-order valence-electron chi connectivity index (χ2n) is 5.67. The molecule has 0 aliphatic carbocycles. The van der Waals surface area contributed by atoms with E-state index in [1.54, 1.807) is 0 Å². The third kappa shape index (κ3) is 6.32. The number of aromatic nitrogens is 1. The maximum absolute atomic E-state index is 12.9. The highest BCUT2D eigenvalue weighted by atomic mass is 19.4. The number of carbonyl (C=O) groups is 1. The topological polar surface area (TPSA) is 71.2 Å². The van der Waals surface area contributed by atoms with Crippen LogP contribution in [0.25, 0.3) is 0 Å². The Morgan fingerprint density at radius 2 is 1.79 bits per heavy atom. The molecule has 2 N–H and O–H groups in total. The summed E-state index contributed by atoms with van der Waals surface area (Å²) in [6, 6.07) is 4.43. The van der Waals surface area contributed by atoms with E-state index >= 15 is 0 Å². The predicted octanol–water partition coefficient (Wildman–Crippen LogP) is 4.37. The largest absolute Gasteiger partial charge is 0.493 e. The number of halogens is 6. The minimum Gasteiger partial charge on any atom is -0.493 e. The number of hydrogen-bond acceptors (Lipinski definition) is 3. The molecule has 0 bridgehead atoms. The summed E-state index contributed by atoms with van der Waals surface area (Å²) in [6.07, 6.45) is -9.59. The van der Waals surface area contributed by atoms with Crippen molar-refractivity contribution in [1.82, 2.24) is 4.98 Å². The van der Waals surface area contributed by atoms with Gasteiger partial charge in [0.15, 0.2) is 0 Å². The average molecular weight is 408 g/mol. The fourth-order valence-corrected chi connectivity index (χ4v) is 2.18. The minimum absolute atomic E-state index is 0.0802. The molecule has 1 amide bonds. The van der Waals surface area contributed by atoms with Crippen LogP contribution in [0.4, 0.5) is 32.0 Å². The lowest BCUT2D eigenvalue weighted by molar-refractivity contribution is -0.137. The Balaban J connectivity index is 2.23. The van der Waals surface area contributed by atoms with Crippen LogP contribution in [0.1, 0.15) is 28.8 Å². The third-order valence-electron chi connectivity index (χ3n) is 3.45. The number of aromatic amines is 1. The van der Waals surface area contributed by atoms with Crippen molar-refractivity contribution in [3.8, 4) is 5.75 Å². The number of benzene rings is 1. The van der Waals surface area contributed by atoms with Gasteiger partial charge in [0, 0.05) is 24.4 Å². The number of rotatable bonds is 6. The number of nitrogens with one attached hydrogen (secondary N) is 2. The molecule has 0 aliphatic rings. The van der Waals surface area contributed by atoms with Gasteiger partial charge in [0.2, 0.25) is 5.56 Å². The molecule has 0 saturated carbocycles. The van der Waals surface area contributed by atoms with Gasteiger partial charge in [-0.15, -0.1) is 0 Å². The monoisotopic (exact) mass is 408 g/mol. The lowest BCUT2D eigenvalue weighted by Crippen LogP contribution is -2.17. The van der Waals surface area contributed by atoms with Gasteiger partial charge in [-0.3, -0.25) is 9.59 Å². The Morgan fingerprint density at radius 3 is 2.39 bits per heavy atom. The molecule has 0 unspecified atom stereocenters. The van der Waals surface area contributed by atoms with Gasteiger partial charge < -0.3 is 15.0 Å². The van der Waals surface area contributed by atoms with Crippen molar-refractivity contribution in [2.24, 2.45) is 0 Å². The zero-order valence-corrected chi connectivity index (χ0v) is 14.1. The number of ether oxygens (including phenoxy) is 1. The van der Waals surface area contributed by atoms with E-state index in [-0.39, 0.29) is 11.3 Å². The molecule has 1 aromatic heterocycles. The van der Waals surface area contributed by atoms with Crippen molar-refractivity contribution >= 4 is 11.6 Å². The molecule has 0 radical (unpaired) electrons. The summed E-state index contributed by atoms with van der Waals surface area (Å²) in [5.74, 6) is -1.40. The van der Waals surface area contributed by atoms with Crippen molar-refractivity contribution < 1.29 is 35.9 Å². The zero-order valence-electron chi connectivity index (χ0n) is 14.1. The molecule has 0 spiro atoms. The van der Waals surface area contributed by atoms with Gasteiger partial charge in [-0.1, -0.05) is 0 Å². The second kappa shape index (κ2) is 8.36. The van der Waals surface area contributed by atoms with Crippen molar-refractivity contribution in [3.05, 3.63) is 58.0 Å². The lowest BCUT2D eigenvalue weighted by atomic mass is 10.1. The highest BCUT2D eigenvalue weighted by Crippen LogP contribution is 2.33. The summed E-state index contributed by atoms with van der Waals surface area (Å²) in [4.78, 5) is 25.9. The van der Waals surface area contributed by atoms with Crippen LogP contribution in [-0.2, 0) is 6.18 Å². The molecule has 1 heterocycles. The molecule has 0 atom stereocenters. The van der Waals surface area contributed by atoms with Gasteiger partial charge in [0.1, 0.15) is 5.75 Å². The van der Waals surface area contributed by atoms with Crippen LogP contribution in [0, 0.1) is 0 Å². The number of amides is 1. The van der Waals surface area contributed by atoms with E-state index in [1.807, 2.05) is 0 Å². The molecule has 2 rings (SSSR count). The predicted molar refractivity (Wildman–Crippen MR) is 87.2 cm³/mol. The third-order valence-corrected chi connectivity index (χ3v) is 3.45. The van der Waals surface area contributed by atoms with Gasteiger partial charge in [0.25, 0.3) is 5.91 Å². The number of H-pyrrole nitrogens is 1. The van der Waals surface area contributed by atoms with Gasteiger partial charge in [-0.2, -0.15) is 26.3 Å². The maximum Gasteiger partial charge on any atom is 0.416 e. The standard InChI is InChI=1S/C17H14F6N2O3/c18-16(19,20)5-1-7-28-13-8-10(17(21,22)23)2-3-12(13)15(27)25-11-4-6-24-14(26)9-11/h2-4,6,8-9H,1,5,7H2,(H2,24,25,26,27). The fourth-order valence-electron chi connectivity index (χ4n) is 2.18. The molecule has 152 valence electrons. The highest BCUT2D eigenvalue weighted by Gasteiger charge is 2.32. The summed E-state index contributed by atoms with van der Waals surface area (Å²) < 4.78 is 80.3. The van der Waals surface area contributed by atoms with Crippen molar-refractivity contribution in [3.63, 3.8) is 0 Å². The summed E-state index contributed by atoms with van der Waals surface area (Å²) in [6.45, 7) is -0.536. The van der Waals surface area contributed by atoms with Crippen LogP contribution < -0.4 is 15.6 Å². The van der Waals surface area contributed by atoms with Crippen LogP contribution in [-0.4, -0.2) is 23.7 Å². The fraction of sp³-hybridized carbons (Fsp3) is 0.294. The quantitative estimate of drug-likeness (QED) is 0.551. The summed E-state index contributed by atoms with van der Waals surface area (Å²) in [5, 5.41) is 2.31. The van der Waals surface area contributed by atoms with E-state index < -0.39 is 54.6 Å². The Kier molecular flexibility index (Phi) is 6.37. The van der Waals surface area contributed by atoms with Crippen molar-refractivity contribution in [1.29, 1.82) is 0 Å². The van der Waals surface area contributed by atoms with E-state index in [2.05, 4.69) is 10.3 Å². The molecular formula is C17H14F6N2O3. The number of anilines is 1. The molecule has 0 aliphatic heterocycles. The average Bonchev–Trinajstić information content (AvgIpc) is 2.57. The van der Waals surface area contributed by atoms with E-state index in [9.17, 15) is 35.9 Å². The van der Waals surface area contributed by atoms with Gasteiger partial charge in [-0.05, 0) is 30.7 Å². The molecule has 28 heavy (non-hydrogen) atoms. The second-order valence-corrected chi connectivity index (χ2v) is 5.67. The SMILES string of the molecule is O=C(Nc1cc[nH]c(=O)c1)c1ccc(C(F)(F)F)cc1OCCCC(F)(F)F. The van der Waals surface area contributed by atoms with Crippen LogP contribution in [0.5, 0.6) is 5.75 Å². The Hall–Kier alpha value is -2.98. The van der Waals surface area contributed by atoms with Crippen molar-refractivity contribution in [2.45, 2.75) is 25.2 Å². The molecule has 5 nitrogen and oxygen atoms in total. The van der Waals surface area contributed by atoms with E-state index in [0.717, 1.165) is 12.1 Å². The first-order valence-electron chi connectivity index (χ1n) is 7.86. The smallest absolute Gasteiger partial charge is 0.416 e. The summed E-state index contributed by atoms with van der Waals surface area (Å²) in [5.41, 5.74) is -1.88. The number of carbonyl (C=O) groups excluding carboxylic acids is 1. The number of pyridine rings is 1. The van der Waals surface area contributed by atoms with Crippen LogP contribution >= 0.6 is 0 Å². The lowest BCUT2D eigenvalue weighted by Gasteiger charge is -2.15. The first-order valence-corrected chi connectivity index (χ1v) is 7.86. The number of hydrogen-bond donors (Lipinski definition) is 2. The van der Waals surface area contributed by atoms with E-state index in [1.165, 1.54) is 12.3 Å². The van der Waals surface area contributed by atoms with Gasteiger partial charge >= 0.3 is 12.4 Å². The number of alkyl halides is 6. The summed E-state index contributed by atoms with van der Waals surface area (Å²) >= 11 is 0. The summed E-state index contributed by atoms with van der Waals surface area (Å²) in [7, 11) is 0. The van der Waals surface area contributed by atoms with E-state index in [0.29, 0.717) is 12.1 Å². The molecule has 0 fully saturated rings. The Bertz CT molecular complexity index is 889. The van der Waals surface area contributed by atoms with Crippen molar-refractivity contribution in [2.75, 3.05) is 11.9 Å².